The number of fused-ring (bicyclic) bond motifs is 1. The molecule has 1 aliphatic heterocycles. The lowest BCUT2D eigenvalue weighted by Crippen LogP contribution is -2.40. The fraction of sp³-hybridized carbons (Fsp3) is 0.364. The van der Waals surface area contributed by atoms with E-state index in [1.165, 1.54) is 19.6 Å². The number of pyridine rings is 2. The summed E-state index contributed by atoms with van der Waals surface area (Å²) >= 11 is 0. The first-order chi connectivity index (χ1) is 15.6. The van der Waals surface area contributed by atoms with Crippen LogP contribution in [-0.2, 0) is 16.7 Å². The van der Waals surface area contributed by atoms with Gasteiger partial charge in [0.25, 0.3) is 0 Å². The minimum Gasteiger partial charge on any atom is -0.481 e. The van der Waals surface area contributed by atoms with Gasteiger partial charge in [-0.1, -0.05) is 13.8 Å². The Bertz CT molecular complexity index is 1260. The quantitative estimate of drug-likeness (QED) is 0.488. The van der Waals surface area contributed by atoms with E-state index in [1.807, 2.05) is 19.1 Å². The van der Waals surface area contributed by atoms with Crippen molar-refractivity contribution in [1.82, 2.24) is 24.5 Å². The van der Waals surface area contributed by atoms with Crippen molar-refractivity contribution in [3.05, 3.63) is 42.4 Å². The average Bonchev–Trinajstić information content (AvgIpc) is 3.16. The highest BCUT2D eigenvalue weighted by atomic mass is 32.3. The van der Waals surface area contributed by atoms with Crippen molar-refractivity contribution in [3.63, 3.8) is 0 Å². The number of hydrogen-bond acceptors (Lipinski definition) is 7. The maximum absolute atomic E-state index is 13.5. The molecule has 176 valence electrons. The molecule has 1 aliphatic rings. The van der Waals surface area contributed by atoms with E-state index in [4.69, 9.17) is 9.47 Å². The molecule has 0 saturated carbocycles. The van der Waals surface area contributed by atoms with Gasteiger partial charge in [-0.25, -0.2) is 19.4 Å². The summed E-state index contributed by atoms with van der Waals surface area (Å²) in [5.74, 6) is 1.20. The number of nitrogens with zero attached hydrogens (tertiary/aromatic N) is 4. The summed E-state index contributed by atoms with van der Waals surface area (Å²) in [6.45, 7) is 7.08. The van der Waals surface area contributed by atoms with Crippen LogP contribution in [0.2, 0.25) is 0 Å². The number of carbonyl (C=O) groups excluding carboxylic acids is 1. The second-order valence-corrected chi connectivity index (χ2v) is 11.4. The van der Waals surface area contributed by atoms with Crippen LogP contribution >= 0.6 is 0 Å². The summed E-state index contributed by atoms with van der Waals surface area (Å²) in [6.07, 6.45) is 4.59. The third kappa shape index (κ3) is 4.82. The van der Waals surface area contributed by atoms with E-state index in [9.17, 15) is 9.00 Å². The fourth-order valence-corrected chi connectivity index (χ4v) is 4.98. The van der Waals surface area contributed by atoms with Crippen LogP contribution in [0.15, 0.2) is 41.6 Å². The van der Waals surface area contributed by atoms with Crippen molar-refractivity contribution in [2.75, 3.05) is 25.3 Å². The van der Waals surface area contributed by atoms with Crippen LogP contribution < -0.4 is 19.5 Å². The number of amides is 2. The number of anilines is 1. The van der Waals surface area contributed by atoms with Gasteiger partial charge in [-0.05, 0) is 40.8 Å². The summed E-state index contributed by atoms with van der Waals surface area (Å²) in [4.78, 5) is 21.8. The Labute approximate surface area is 193 Å². The maximum atomic E-state index is 13.5. The van der Waals surface area contributed by atoms with Gasteiger partial charge >= 0.3 is 6.03 Å². The van der Waals surface area contributed by atoms with Crippen molar-refractivity contribution in [1.29, 1.82) is 0 Å². The normalized spacial score (nSPS) is 15.2. The number of methoxy groups -OCH3 is 1. The SMILES string of the molecule is COc1cc(-c2ccc(C)nc2NC(=O)N[SH](C)(=O)c2cnn3c2OCC(C)(C)C3)ccn1. The molecular formula is C22H28N6O4S. The molecule has 0 fully saturated rings. The maximum Gasteiger partial charge on any atom is 0.330 e. The van der Waals surface area contributed by atoms with E-state index in [0.29, 0.717) is 41.2 Å². The van der Waals surface area contributed by atoms with Crippen LogP contribution in [-0.4, -0.2) is 50.0 Å². The van der Waals surface area contributed by atoms with Crippen LogP contribution in [0.1, 0.15) is 19.5 Å². The van der Waals surface area contributed by atoms with Crippen LogP contribution in [0.5, 0.6) is 11.8 Å². The minimum atomic E-state index is -3.33. The highest BCUT2D eigenvalue weighted by Gasteiger charge is 2.32. The lowest BCUT2D eigenvalue weighted by molar-refractivity contribution is 0.0971. The summed E-state index contributed by atoms with van der Waals surface area (Å²) < 4.78 is 28.8. The Hall–Kier alpha value is -3.47. The monoisotopic (exact) mass is 472 g/mol. The number of hydrogen-bond donors (Lipinski definition) is 3. The second-order valence-electron chi connectivity index (χ2n) is 8.87. The number of rotatable bonds is 5. The fourth-order valence-electron chi connectivity index (χ4n) is 3.60. The number of urea groups is 1. The molecule has 0 spiro atoms. The zero-order valence-electron chi connectivity index (χ0n) is 19.2. The molecule has 0 bridgehead atoms. The molecule has 0 aliphatic carbocycles. The molecule has 4 rings (SSSR count). The Balaban J connectivity index is 1.57. The summed E-state index contributed by atoms with van der Waals surface area (Å²) in [6, 6.07) is 6.59. The number of thiol groups is 1. The molecule has 0 radical (unpaired) electrons. The average molecular weight is 473 g/mol. The van der Waals surface area contributed by atoms with Gasteiger partial charge in [0, 0.05) is 35.2 Å². The molecule has 0 saturated heterocycles. The van der Waals surface area contributed by atoms with Gasteiger partial charge in [0.2, 0.25) is 11.8 Å². The van der Waals surface area contributed by atoms with Crippen LogP contribution in [0.4, 0.5) is 10.6 Å². The lowest BCUT2D eigenvalue weighted by atomic mass is 9.94. The van der Waals surface area contributed by atoms with E-state index >= 15 is 0 Å². The smallest absolute Gasteiger partial charge is 0.330 e. The van der Waals surface area contributed by atoms with Crippen LogP contribution in [0, 0.1) is 12.3 Å². The van der Waals surface area contributed by atoms with Crippen molar-refractivity contribution in [3.8, 4) is 22.9 Å². The minimum absolute atomic E-state index is 0.0816. The number of nitrogens with one attached hydrogen (secondary N) is 2. The number of carbonyl (C=O) groups is 1. The third-order valence-electron chi connectivity index (χ3n) is 5.25. The summed E-state index contributed by atoms with van der Waals surface area (Å²) in [5.41, 5.74) is 2.08. The van der Waals surface area contributed by atoms with Crippen LogP contribution in [0.3, 0.4) is 0 Å². The molecule has 3 aromatic heterocycles. The first kappa shape index (κ1) is 22.7. The van der Waals surface area contributed by atoms with Crippen molar-refractivity contribution >= 4 is 22.0 Å². The number of aryl methyl sites for hydroxylation is 1. The molecule has 2 N–H and O–H groups in total. The van der Waals surface area contributed by atoms with Crippen molar-refractivity contribution < 1.29 is 18.5 Å². The number of aromatic nitrogens is 4. The summed E-state index contributed by atoms with van der Waals surface area (Å²) in [7, 11) is -1.80. The zero-order chi connectivity index (χ0) is 23.8. The van der Waals surface area contributed by atoms with Gasteiger partial charge in [0.1, 0.15) is 10.7 Å². The number of ether oxygens (including phenoxy) is 2. The Kier molecular flexibility index (Phi) is 5.83. The van der Waals surface area contributed by atoms with Gasteiger partial charge in [0.15, 0.2) is 0 Å². The van der Waals surface area contributed by atoms with Gasteiger partial charge in [-0.2, -0.15) is 5.10 Å². The molecule has 0 atom stereocenters. The molecule has 4 heterocycles. The Morgan fingerprint density at radius 1 is 1.30 bits per heavy atom. The van der Waals surface area contributed by atoms with Crippen molar-refractivity contribution in [2.24, 2.45) is 5.41 Å². The van der Waals surface area contributed by atoms with Gasteiger partial charge in [-0.15, -0.1) is 0 Å². The first-order valence-corrected chi connectivity index (χ1v) is 12.6. The van der Waals surface area contributed by atoms with E-state index in [0.717, 1.165) is 11.3 Å². The Morgan fingerprint density at radius 3 is 2.85 bits per heavy atom. The second kappa shape index (κ2) is 8.47. The molecular weight excluding hydrogens is 444 g/mol. The zero-order valence-corrected chi connectivity index (χ0v) is 20.1. The van der Waals surface area contributed by atoms with Gasteiger partial charge in [-0.3, -0.25) is 14.2 Å². The topological polar surface area (TPSA) is 120 Å². The van der Waals surface area contributed by atoms with Crippen LogP contribution in [0.25, 0.3) is 11.1 Å². The highest BCUT2D eigenvalue weighted by molar-refractivity contribution is 8.01. The highest BCUT2D eigenvalue weighted by Crippen LogP contribution is 2.34. The lowest BCUT2D eigenvalue weighted by Gasteiger charge is -2.31. The summed E-state index contributed by atoms with van der Waals surface area (Å²) in [5, 5.41) is 7.05. The molecule has 0 unspecified atom stereocenters. The Morgan fingerprint density at radius 2 is 2.09 bits per heavy atom. The predicted octanol–water partition coefficient (Wildman–Crippen LogP) is 2.82. The van der Waals surface area contributed by atoms with Crippen molar-refractivity contribution in [2.45, 2.75) is 32.2 Å². The molecule has 0 aromatic carbocycles. The van der Waals surface area contributed by atoms with E-state index in [2.05, 4.69) is 39.0 Å². The van der Waals surface area contributed by atoms with Gasteiger partial charge < -0.3 is 9.47 Å². The standard InChI is InChI=1S/C22H28N6O4S/c1-14-6-7-16(15-8-9-23-18(10-15)31-4)19(25-14)26-21(29)27-33(5,30)17-11-24-28-12-22(2,3)13-32-20(17)28/h6-11,33H,12-13H2,1-5H3,(H2,25,26,27,29,30). The third-order valence-corrected chi connectivity index (χ3v) is 7.10. The van der Waals surface area contributed by atoms with E-state index in [-0.39, 0.29) is 5.41 Å². The predicted molar refractivity (Wildman–Crippen MR) is 126 cm³/mol. The molecule has 3 aromatic rings. The van der Waals surface area contributed by atoms with E-state index < -0.39 is 16.1 Å². The molecule has 2 amide bonds. The largest absolute Gasteiger partial charge is 0.481 e. The van der Waals surface area contributed by atoms with Gasteiger partial charge in [0.05, 0.1) is 26.5 Å². The van der Waals surface area contributed by atoms with E-state index in [1.54, 1.807) is 23.0 Å². The first-order valence-electron chi connectivity index (χ1n) is 10.4. The molecule has 10 nitrogen and oxygen atoms in total. The molecule has 11 heteroatoms. The molecule has 33 heavy (non-hydrogen) atoms.